The third-order valence-corrected chi connectivity index (χ3v) is 7.57. The fourth-order valence-electron chi connectivity index (χ4n) is 3.96. The van der Waals surface area contributed by atoms with Gasteiger partial charge in [0.1, 0.15) is 0 Å². The zero-order valence-electron chi connectivity index (χ0n) is 13.8. The number of hydrogen-bond donors (Lipinski definition) is 1. The van der Waals surface area contributed by atoms with Crippen LogP contribution in [-0.2, 0) is 22.6 Å². The van der Waals surface area contributed by atoms with Gasteiger partial charge in [-0.2, -0.15) is 18.3 Å². The van der Waals surface area contributed by atoms with Crippen LogP contribution in [0.5, 0.6) is 0 Å². The Balaban J connectivity index is 1.51. The molecule has 0 bridgehead atoms. The molecule has 26 heavy (non-hydrogen) atoms. The molecule has 2 aromatic rings. The predicted octanol–water partition coefficient (Wildman–Crippen LogP) is 2.71. The van der Waals surface area contributed by atoms with Crippen molar-refractivity contribution in [3.8, 4) is 11.3 Å². The summed E-state index contributed by atoms with van der Waals surface area (Å²) < 4.78 is 62.2. The molecule has 2 fully saturated rings. The van der Waals surface area contributed by atoms with Crippen LogP contribution in [0.15, 0.2) is 30.5 Å². The lowest BCUT2D eigenvalue weighted by atomic mass is 10.1. The summed E-state index contributed by atoms with van der Waals surface area (Å²) in [5, 5.41) is 6.58. The summed E-state index contributed by atoms with van der Waals surface area (Å²) in [6.45, 7) is 1.75. The van der Waals surface area contributed by atoms with Gasteiger partial charge in [-0.25, -0.2) is 8.42 Å². The van der Waals surface area contributed by atoms with Gasteiger partial charge in [-0.15, -0.1) is 0 Å². The van der Waals surface area contributed by atoms with E-state index in [0.717, 1.165) is 24.2 Å². The Morgan fingerprint density at radius 3 is 2.58 bits per heavy atom. The second-order valence-electron chi connectivity index (χ2n) is 6.99. The average Bonchev–Trinajstić information content (AvgIpc) is 3.25. The number of aromatic nitrogens is 2. The highest BCUT2D eigenvalue weighted by Crippen LogP contribution is 2.35. The third kappa shape index (κ3) is 3.14. The van der Waals surface area contributed by atoms with E-state index in [4.69, 9.17) is 0 Å². The normalized spacial score (nSPS) is 25.5. The van der Waals surface area contributed by atoms with Crippen LogP contribution in [0, 0.1) is 5.92 Å². The van der Waals surface area contributed by atoms with Crippen LogP contribution in [0.3, 0.4) is 0 Å². The van der Waals surface area contributed by atoms with Gasteiger partial charge in [-0.3, -0.25) is 10.00 Å². The molecule has 140 valence electrons. The minimum absolute atomic E-state index is 0.182. The molecule has 2 atom stereocenters. The Morgan fingerprint density at radius 1 is 1.19 bits per heavy atom. The van der Waals surface area contributed by atoms with Crippen molar-refractivity contribution in [2.45, 2.75) is 24.4 Å². The molecule has 0 amide bonds. The third-order valence-electron chi connectivity index (χ3n) is 5.30. The maximum atomic E-state index is 12.7. The van der Waals surface area contributed by atoms with Crippen molar-refractivity contribution in [3.05, 3.63) is 41.6 Å². The van der Waals surface area contributed by atoms with Crippen molar-refractivity contribution in [3.63, 3.8) is 0 Å². The van der Waals surface area contributed by atoms with E-state index in [1.807, 2.05) is 0 Å². The van der Waals surface area contributed by atoms with Crippen molar-refractivity contribution >= 4 is 9.84 Å². The second-order valence-corrected chi connectivity index (χ2v) is 9.33. The van der Waals surface area contributed by atoms with Crippen LogP contribution in [0.2, 0.25) is 0 Å². The topological polar surface area (TPSA) is 66.1 Å². The summed E-state index contributed by atoms with van der Waals surface area (Å²) in [5.41, 5.74) is 1.44. The molecule has 9 heteroatoms. The van der Waals surface area contributed by atoms with E-state index in [9.17, 15) is 21.6 Å². The standard InChI is InChI=1S/C17H18F3N3O2S/c18-17(19,20)14-3-1-11(2-4-14)16-13(7-21-22-16)9-23-8-12-5-6-26(24,25)15(12)10-23/h1-4,7,12,15H,5-6,8-10H2,(H,21,22)/t12-,15+/m0/s1. The number of aromatic amines is 1. The largest absolute Gasteiger partial charge is 0.416 e. The minimum Gasteiger partial charge on any atom is -0.297 e. The van der Waals surface area contributed by atoms with Crippen LogP contribution in [0.4, 0.5) is 13.2 Å². The highest BCUT2D eigenvalue weighted by Gasteiger charge is 2.46. The highest BCUT2D eigenvalue weighted by molar-refractivity contribution is 7.92. The summed E-state index contributed by atoms with van der Waals surface area (Å²) in [4.78, 5) is 2.09. The van der Waals surface area contributed by atoms with E-state index in [0.29, 0.717) is 30.8 Å². The molecule has 0 aliphatic carbocycles. The summed E-state index contributed by atoms with van der Waals surface area (Å²) >= 11 is 0. The Kier molecular flexibility index (Phi) is 4.11. The van der Waals surface area contributed by atoms with E-state index < -0.39 is 21.6 Å². The number of benzene rings is 1. The number of alkyl halides is 3. The van der Waals surface area contributed by atoms with Gasteiger partial charge in [0.05, 0.1) is 28.5 Å². The molecule has 2 aliphatic heterocycles. The van der Waals surface area contributed by atoms with E-state index >= 15 is 0 Å². The van der Waals surface area contributed by atoms with Gasteiger partial charge in [0.2, 0.25) is 0 Å². The van der Waals surface area contributed by atoms with Gasteiger partial charge in [-0.05, 0) is 30.0 Å². The van der Waals surface area contributed by atoms with Gasteiger partial charge in [-0.1, -0.05) is 12.1 Å². The Bertz CT molecular complexity index is 906. The van der Waals surface area contributed by atoms with Crippen LogP contribution in [0.25, 0.3) is 11.3 Å². The van der Waals surface area contributed by atoms with Gasteiger partial charge < -0.3 is 0 Å². The van der Waals surface area contributed by atoms with Crippen LogP contribution in [0.1, 0.15) is 17.5 Å². The molecule has 4 rings (SSSR count). The molecule has 0 radical (unpaired) electrons. The number of halogens is 3. The summed E-state index contributed by atoms with van der Waals surface area (Å²) in [7, 11) is -2.99. The maximum absolute atomic E-state index is 12.7. The lowest BCUT2D eigenvalue weighted by Gasteiger charge is -2.16. The van der Waals surface area contributed by atoms with E-state index in [1.165, 1.54) is 12.1 Å². The van der Waals surface area contributed by atoms with Crippen molar-refractivity contribution in [2.75, 3.05) is 18.8 Å². The number of rotatable bonds is 3. The minimum atomic E-state index is -4.37. The molecular weight excluding hydrogens is 367 g/mol. The van der Waals surface area contributed by atoms with Crippen molar-refractivity contribution < 1.29 is 21.6 Å². The molecular formula is C17H18F3N3O2S. The molecule has 3 heterocycles. The highest BCUT2D eigenvalue weighted by atomic mass is 32.2. The number of fused-ring (bicyclic) bond motifs is 1. The molecule has 2 saturated heterocycles. The van der Waals surface area contributed by atoms with E-state index in [1.54, 1.807) is 6.20 Å². The molecule has 2 aliphatic rings. The maximum Gasteiger partial charge on any atom is 0.416 e. The van der Waals surface area contributed by atoms with E-state index in [2.05, 4.69) is 15.1 Å². The zero-order valence-corrected chi connectivity index (χ0v) is 14.6. The van der Waals surface area contributed by atoms with Gasteiger partial charge >= 0.3 is 6.18 Å². The van der Waals surface area contributed by atoms with Gasteiger partial charge in [0, 0.05) is 25.2 Å². The van der Waals surface area contributed by atoms with Gasteiger partial charge in [0.25, 0.3) is 0 Å². The molecule has 1 N–H and O–H groups in total. The molecule has 1 aromatic heterocycles. The fraction of sp³-hybridized carbons (Fsp3) is 0.471. The van der Waals surface area contributed by atoms with Crippen molar-refractivity contribution in [2.24, 2.45) is 5.92 Å². The number of H-pyrrole nitrogens is 1. The number of sulfone groups is 1. The van der Waals surface area contributed by atoms with Gasteiger partial charge in [0.15, 0.2) is 9.84 Å². The Hall–Kier alpha value is -1.87. The molecule has 0 saturated carbocycles. The molecule has 1 aromatic carbocycles. The van der Waals surface area contributed by atoms with E-state index in [-0.39, 0.29) is 16.9 Å². The molecule has 0 unspecified atom stereocenters. The first-order chi connectivity index (χ1) is 12.2. The zero-order chi connectivity index (χ0) is 18.5. The lowest BCUT2D eigenvalue weighted by Crippen LogP contribution is -2.26. The first-order valence-corrected chi connectivity index (χ1v) is 10.1. The first-order valence-electron chi connectivity index (χ1n) is 8.38. The van der Waals surface area contributed by atoms with Crippen LogP contribution >= 0.6 is 0 Å². The SMILES string of the molecule is O=S1(=O)CC[C@H]2CN(Cc3cn[nH]c3-c3ccc(C(F)(F)F)cc3)C[C@H]21. The first kappa shape index (κ1) is 17.5. The monoisotopic (exact) mass is 385 g/mol. The fourth-order valence-corrected chi connectivity index (χ4v) is 6.14. The van der Waals surface area contributed by atoms with Crippen LogP contribution < -0.4 is 0 Å². The number of hydrogen-bond acceptors (Lipinski definition) is 4. The Morgan fingerprint density at radius 2 is 1.92 bits per heavy atom. The number of nitrogens with zero attached hydrogens (tertiary/aromatic N) is 2. The second kappa shape index (κ2) is 6.09. The Labute approximate surface area is 149 Å². The van der Waals surface area contributed by atoms with Crippen molar-refractivity contribution in [1.29, 1.82) is 0 Å². The smallest absolute Gasteiger partial charge is 0.297 e. The molecule has 0 spiro atoms. The number of nitrogens with one attached hydrogen (secondary N) is 1. The average molecular weight is 385 g/mol. The summed E-state index contributed by atoms with van der Waals surface area (Å²) in [6.07, 6.45) is -2.01. The number of likely N-dealkylation sites (tertiary alicyclic amines) is 1. The lowest BCUT2D eigenvalue weighted by molar-refractivity contribution is -0.137. The molecule has 5 nitrogen and oxygen atoms in total. The van der Waals surface area contributed by atoms with Crippen LogP contribution in [-0.4, -0.2) is 47.6 Å². The summed E-state index contributed by atoms with van der Waals surface area (Å²) in [5.74, 6) is 0.458. The summed E-state index contributed by atoms with van der Waals surface area (Å²) in [6, 6.07) is 4.94. The predicted molar refractivity (Wildman–Crippen MR) is 90.0 cm³/mol. The van der Waals surface area contributed by atoms with Crippen molar-refractivity contribution in [1.82, 2.24) is 15.1 Å². The quantitative estimate of drug-likeness (QED) is 0.882.